The van der Waals surface area contributed by atoms with Gasteiger partial charge in [0.1, 0.15) is 0 Å². The monoisotopic (exact) mass is 448 g/mol. The van der Waals surface area contributed by atoms with Gasteiger partial charge in [0.2, 0.25) is 0 Å². The average molecular weight is 447 g/mol. The van der Waals surface area contributed by atoms with Crippen molar-refractivity contribution in [3.8, 4) is 0 Å². The van der Waals surface area contributed by atoms with Crippen LogP contribution in [0.5, 0.6) is 0 Å². The second-order valence-corrected chi connectivity index (χ2v) is 20.5. The Morgan fingerprint density at radius 1 is 0.840 bits per heavy atom. The number of benzene rings is 1. The second-order valence-electron chi connectivity index (χ2n) is 7.49. The normalized spacial score (nSPS) is 11.8. The van der Waals surface area contributed by atoms with Gasteiger partial charge in [-0.15, -0.1) is 0 Å². The van der Waals surface area contributed by atoms with E-state index in [2.05, 4.69) is 62.3 Å². The molecule has 0 aliphatic heterocycles. The quantitative estimate of drug-likeness (QED) is 0.394. The fraction of sp³-hybridized carbons (Fsp3) is 0.591. The fourth-order valence-electron chi connectivity index (χ4n) is 3.82. The second kappa shape index (κ2) is 11.1. The summed E-state index contributed by atoms with van der Waals surface area (Å²) in [6.45, 7) is 7.00. The van der Waals surface area contributed by atoms with E-state index in [-0.39, 0.29) is 0 Å². The summed E-state index contributed by atoms with van der Waals surface area (Å²) in [5.41, 5.74) is 1.35. The molecule has 0 aliphatic carbocycles. The van der Waals surface area contributed by atoms with Crippen LogP contribution in [0.15, 0.2) is 36.5 Å². The van der Waals surface area contributed by atoms with Crippen molar-refractivity contribution in [3.05, 3.63) is 47.9 Å². The van der Waals surface area contributed by atoms with Crippen molar-refractivity contribution in [3.63, 3.8) is 0 Å². The summed E-state index contributed by atoms with van der Waals surface area (Å²) in [5.74, 6) is 1.16. The molecule has 1 heterocycles. The molecular formula is C22H36N2Sn. The van der Waals surface area contributed by atoms with E-state index in [1.165, 1.54) is 61.1 Å². The van der Waals surface area contributed by atoms with Gasteiger partial charge >= 0.3 is 159 Å². The maximum atomic E-state index is 5.17. The van der Waals surface area contributed by atoms with Crippen LogP contribution in [0, 0.1) is 0 Å². The first-order valence-electron chi connectivity index (χ1n) is 10.3. The summed E-state index contributed by atoms with van der Waals surface area (Å²) in [7, 11) is 0. The number of hydrogen-bond acceptors (Lipinski definition) is 1. The van der Waals surface area contributed by atoms with Crippen LogP contribution in [0.25, 0.3) is 0 Å². The zero-order valence-corrected chi connectivity index (χ0v) is 19.3. The first-order chi connectivity index (χ1) is 12.2. The summed E-state index contributed by atoms with van der Waals surface area (Å²) in [5, 5.41) is 0. The zero-order valence-electron chi connectivity index (χ0n) is 16.5. The molecule has 1 aromatic carbocycles. The molecule has 0 saturated carbocycles. The summed E-state index contributed by atoms with van der Waals surface area (Å²) in [6, 6.07) is 10.7. The molecule has 2 rings (SSSR count). The fourth-order valence-corrected chi connectivity index (χ4v) is 19.1. The molecule has 25 heavy (non-hydrogen) atoms. The van der Waals surface area contributed by atoms with Crippen molar-refractivity contribution in [2.75, 3.05) is 0 Å². The van der Waals surface area contributed by atoms with Crippen LogP contribution in [0.4, 0.5) is 0 Å². The molecular weight excluding hydrogens is 411 g/mol. The molecule has 1 aromatic heterocycles. The first kappa shape index (κ1) is 20.5. The summed E-state index contributed by atoms with van der Waals surface area (Å²) >= 11 is -2.37. The van der Waals surface area contributed by atoms with Crippen molar-refractivity contribution >= 4 is 22.1 Å². The van der Waals surface area contributed by atoms with Crippen molar-refractivity contribution in [2.45, 2.75) is 79.0 Å². The van der Waals surface area contributed by atoms with E-state index < -0.39 is 18.4 Å². The summed E-state index contributed by atoms with van der Waals surface area (Å²) in [4.78, 5) is 8.70. The van der Waals surface area contributed by atoms with Crippen LogP contribution in [0.2, 0.25) is 13.3 Å². The van der Waals surface area contributed by atoms with Gasteiger partial charge in [-0.1, -0.05) is 0 Å². The third-order valence-electron chi connectivity index (χ3n) is 5.42. The number of unbranched alkanes of at least 4 members (excludes halogenated alkanes) is 3. The molecule has 0 saturated heterocycles. The van der Waals surface area contributed by atoms with E-state index in [0.29, 0.717) is 0 Å². The number of aromatic amines is 1. The number of rotatable bonds is 12. The summed E-state index contributed by atoms with van der Waals surface area (Å²) < 4.78 is 5.98. The number of imidazole rings is 1. The van der Waals surface area contributed by atoms with E-state index in [1.54, 1.807) is 0 Å². The van der Waals surface area contributed by atoms with Crippen molar-refractivity contribution < 1.29 is 0 Å². The van der Waals surface area contributed by atoms with Crippen LogP contribution < -0.4 is 3.71 Å². The Labute approximate surface area is 158 Å². The molecule has 1 N–H and O–H groups in total. The van der Waals surface area contributed by atoms with E-state index in [9.17, 15) is 0 Å². The van der Waals surface area contributed by atoms with Crippen molar-refractivity contribution in [1.82, 2.24) is 9.97 Å². The molecule has 0 atom stereocenters. The molecule has 0 aliphatic rings. The summed E-state index contributed by atoms with van der Waals surface area (Å²) in [6.07, 6.45) is 11.4. The number of hydrogen-bond donors (Lipinski definition) is 1. The molecule has 0 spiro atoms. The van der Waals surface area contributed by atoms with E-state index >= 15 is 0 Å². The van der Waals surface area contributed by atoms with Crippen molar-refractivity contribution in [1.29, 1.82) is 0 Å². The standard InChI is InChI=1S/C10H9N2.3C4H9.Sn/c1-2-4-9(5-3-1)8-10-11-6-7-12-10;3*1-3-4-2;/h1-6H,8H2,(H,11,12);3*1,3-4H2,2H3;. The Hall–Kier alpha value is -0.771. The van der Waals surface area contributed by atoms with Gasteiger partial charge in [-0.05, 0) is 0 Å². The molecule has 3 heteroatoms. The Morgan fingerprint density at radius 2 is 1.40 bits per heavy atom. The average Bonchev–Trinajstić information content (AvgIpc) is 3.11. The molecule has 0 amide bonds. The van der Waals surface area contributed by atoms with Crippen LogP contribution >= 0.6 is 0 Å². The van der Waals surface area contributed by atoms with Crippen molar-refractivity contribution in [2.24, 2.45) is 0 Å². The van der Waals surface area contributed by atoms with E-state index in [1.807, 2.05) is 0 Å². The topological polar surface area (TPSA) is 28.7 Å². The number of aromatic nitrogens is 2. The predicted octanol–water partition coefficient (Wildman–Crippen LogP) is 6.06. The predicted molar refractivity (Wildman–Crippen MR) is 112 cm³/mol. The third kappa shape index (κ3) is 6.16. The zero-order chi connectivity index (χ0) is 18.0. The first-order valence-corrected chi connectivity index (χ1v) is 17.8. The molecule has 0 unspecified atom stereocenters. The van der Waals surface area contributed by atoms with E-state index in [4.69, 9.17) is 4.98 Å². The maximum absolute atomic E-state index is 5.17. The van der Waals surface area contributed by atoms with Gasteiger partial charge < -0.3 is 0 Å². The van der Waals surface area contributed by atoms with Gasteiger partial charge in [0.15, 0.2) is 0 Å². The molecule has 0 bridgehead atoms. The van der Waals surface area contributed by atoms with Gasteiger partial charge in [-0.25, -0.2) is 0 Å². The minimum absolute atomic E-state index is 0.929. The Kier molecular flexibility index (Phi) is 9.08. The number of nitrogens with zero attached hydrogens (tertiary/aromatic N) is 1. The molecule has 2 aromatic rings. The van der Waals surface area contributed by atoms with Crippen LogP contribution in [-0.2, 0) is 6.42 Å². The molecule has 0 fully saturated rings. The van der Waals surface area contributed by atoms with Gasteiger partial charge in [0.25, 0.3) is 0 Å². The van der Waals surface area contributed by atoms with Gasteiger partial charge in [-0.2, -0.15) is 0 Å². The number of nitrogens with one attached hydrogen (secondary N) is 1. The van der Waals surface area contributed by atoms with Crippen LogP contribution in [0.1, 0.15) is 70.7 Å². The van der Waals surface area contributed by atoms with Gasteiger partial charge in [0.05, 0.1) is 0 Å². The Bertz CT molecular complexity index is 569. The molecule has 138 valence electrons. The van der Waals surface area contributed by atoms with Crippen LogP contribution in [0.3, 0.4) is 0 Å². The Balaban J connectivity index is 2.22. The molecule has 2 nitrogen and oxygen atoms in total. The number of H-pyrrole nitrogens is 1. The molecule has 0 radical (unpaired) electrons. The van der Waals surface area contributed by atoms with Gasteiger partial charge in [-0.3, -0.25) is 0 Å². The third-order valence-corrected chi connectivity index (χ3v) is 20.5. The SMILES string of the molecule is CCC[CH2][Sn]([CH2]CCC)([CH2]CCC)[c]1c[nH]c(Cc2ccccc2)n1. The minimum atomic E-state index is -2.37. The Morgan fingerprint density at radius 3 is 1.92 bits per heavy atom. The van der Waals surface area contributed by atoms with Gasteiger partial charge in [0, 0.05) is 0 Å². The van der Waals surface area contributed by atoms with Crippen LogP contribution in [-0.4, -0.2) is 28.3 Å². The van der Waals surface area contributed by atoms with E-state index in [0.717, 1.165) is 12.2 Å².